The molecule has 1 heterocycles. The van der Waals surface area contributed by atoms with E-state index in [1.54, 1.807) is 12.1 Å². The van der Waals surface area contributed by atoms with Crippen molar-refractivity contribution in [3.8, 4) is 0 Å². The Labute approximate surface area is 212 Å². The minimum Gasteiger partial charge on any atom is -0.542 e. The van der Waals surface area contributed by atoms with Gasteiger partial charge in [-0.15, -0.1) is 0 Å². The highest BCUT2D eigenvalue weighted by molar-refractivity contribution is 9.10. The van der Waals surface area contributed by atoms with E-state index in [-0.39, 0.29) is 19.8 Å². The molecule has 0 amide bonds. The summed E-state index contributed by atoms with van der Waals surface area (Å²) in [6, 6.07) is 5.41. The summed E-state index contributed by atoms with van der Waals surface area (Å²) in [5.41, 5.74) is 1.11. The molecule has 2 rings (SSSR count). The Kier molecular flexibility index (Phi) is 11.8. The van der Waals surface area contributed by atoms with E-state index in [0.717, 1.165) is 9.99 Å². The molecule has 0 saturated heterocycles. The molecule has 11 nitrogen and oxygen atoms in total. The molecule has 2 aromatic rings. The van der Waals surface area contributed by atoms with Crippen molar-refractivity contribution in [1.29, 1.82) is 0 Å². The van der Waals surface area contributed by atoms with Crippen LogP contribution in [0.15, 0.2) is 28.9 Å². The van der Waals surface area contributed by atoms with Gasteiger partial charge in [-0.1, -0.05) is 22.0 Å². The summed E-state index contributed by atoms with van der Waals surface area (Å²) in [5, 5.41) is 28.6. The average molecular weight is 587 g/mol. The highest BCUT2D eigenvalue weighted by Gasteiger charge is 2.29. The number of aliphatic hydroxyl groups excluding tert-OH is 1. The van der Waals surface area contributed by atoms with E-state index < -0.39 is 36.5 Å². The van der Waals surface area contributed by atoms with E-state index in [1.807, 2.05) is 27.2 Å². The van der Waals surface area contributed by atoms with Gasteiger partial charge in [0.05, 0.1) is 39.9 Å². The predicted molar refractivity (Wildman–Crippen MR) is 120 cm³/mol. The number of aliphatic carboxylic acids is 2. The number of benzene rings is 1. The maximum Gasteiger partial charge on any atom is 0.430 e. The number of aliphatic hydroxyl groups is 1. The monoisotopic (exact) mass is 586 g/mol. The molecule has 0 radical (unpaired) electrons. The highest BCUT2D eigenvalue weighted by Crippen LogP contribution is 2.23. The Balaban J connectivity index is 0.000000809. The molecule has 0 spiro atoms. The number of nitrogens with one attached hydrogen (secondary N) is 1. The Hall–Kier alpha value is -2.72. The molecule has 3 N–H and O–H groups in total. The molecule has 36 heavy (non-hydrogen) atoms. The Morgan fingerprint density at radius 2 is 1.78 bits per heavy atom. The minimum atomic E-state index is -5.19. The highest BCUT2D eigenvalue weighted by atomic mass is 79.9. The number of halogens is 4. The number of carbonyl (C=O) groups is 3. The number of carbonyl (C=O) groups excluding carboxylic acids is 2. The van der Waals surface area contributed by atoms with Crippen LogP contribution in [-0.2, 0) is 23.8 Å². The van der Waals surface area contributed by atoms with Crippen LogP contribution in [0.4, 0.5) is 13.2 Å². The zero-order chi connectivity index (χ0) is 27.7. The lowest BCUT2D eigenvalue weighted by atomic mass is 10.2. The molecule has 2 atom stereocenters. The van der Waals surface area contributed by atoms with Crippen LogP contribution < -0.4 is 5.11 Å². The maximum atomic E-state index is 12.3. The third-order valence-corrected chi connectivity index (χ3v) is 4.67. The summed E-state index contributed by atoms with van der Waals surface area (Å²) >= 11 is 3.36. The van der Waals surface area contributed by atoms with E-state index in [0.29, 0.717) is 22.0 Å². The molecule has 1 aromatic heterocycles. The third-order valence-electron chi connectivity index (χ3n) is 4.17. The number of aromatic nitrogens is 1. The Morgan fingerprint density at radius 1 is 1.17 bits per heavy atom. The quantitative estimate of drug-likeness (QED) is 0.197. The number of likely N-dealkylation sites (N-methyl/N-ethyl adjacent to an activating group) is 1. The van der Waals surface area contributed by atoms with Crippen LogP contribution in [0, 0.1) is 0 Å². The summed E-state index contributed by atoms with van der Waals surface area (Å²) in [5.74, 6) is -4.90. The summed E-state index contributed by atoms with van der Waals surface area (Å²) < 4.78 is 48.5. The largest absolute Gasteiger partial charge is 0.542 e. The lowest BCUT2D eigenvalue weighted by Crippen LogP contribution is -2.40. The Morgan fingerprint density at radius 3 is 2.31 bits per heavy atom. The number of esters is 1. The van der Waals surface area contributed by atoms with Crippen molar-refractivity contribution in [3.63, 3.8) is 0 Å². The van der Waals surface area contributed by atoms with Gasteiger partial charge >= 0.3 is 18.1 Å². The van der Waals surface area contributed by atoms with Crippen LogP contribution in [0.1, 0.15) is 10.4 Å². The van der Waals surface area contributed by atoms with Gasteiger partial charge in [0.25, 0.3) is 6.29 Å². The fourth-order valence-electron chi connectivity index (χ4n) is 2.39. The molecule has 0 aliphatic rings. The number of aromatic amines is 1. The topological polar surface area (TPSA) is 158 Å². The molecule has 0 bridgehead atoms. The number of alkyl halides is 3. The molecule has 0 fully saturated rings. The van der Waals surface area contributed by atoms with Gasteiger partial charge in [0.1, 0.15) is 25.2 Å². The van der Waals surface area contributed by atoms with Crippen molar-refractivity contribution >= 4 is 44.7 Å². The fourth-order valence-corrected chi connectivity index (χ4v) is 2.75. The fraction of sp³-hybridized carbons (Fsp3) is 0.476. The van der Waals surface area contributed by atoms with Crippen LogP contribution in [0.3, 0.4) is 0 Å². The number of hydrogen-bond donors (Lipinski definition) is 3. The first kappa shape index (κ1) is 31.3. The number of quaternary nitrogens is 1. The molecule has 2 unspecified atom stereocenters. The standard InChI is InChI=1S/C19H25BrN2O7.C2HF3O2/c1-22(2,3)6-7-27-19(17(24)25)29-11-13(23)10-28-18(26)15-9-21-16-8-12(20)4-5-14(15)16;3-2(4,5)1(6)7/h4-5,8-9,13,19,23H,6-7,10-11H2,1-3H3,(H-,21,24,25,26);(H,6,7). The van der Waals surface area contributed by atoms with E-state index in [4.69, 9.17) is 29.2 Å². The van der Waals surface area contributed by atoms with Crippen LogP contribution in [0.2, 0.25) is 0 Å². The van der Waals surface area contributed by atoms with Crippen molar-refractivity contribution in [1.82, 2.24) is 4.98 Å². The zero-order valence-electron chi connectivity index (χ0n) is 19.5. The maximum absolute atomic E-state index is 12.3. The molecule has 0 aliphatic heterocycles. The normalized spacial score (nSPS) is 13.4. The molecular weight excluding hydrogens is 561 g/mol. The van der Waals surface area contributed by atoms with Crippen LogP contribution in [-0.4, -0.2) is 104 Å². The van der Waals surface area contributed by atoms with Crippen LogP contribution in [0.25, 0.3) is 10.9 Å². The van der Waals surface area contributed by atoms with Gasteiger partial charge < -0.3 is 43.8 Å². The number of carboxylic acids is 2. The summed E-state index contributed by atoms with van der Waals surface area (Å²) in [6.07, 6.45) is -6.36. The van der Waals surface area contributed by atoms with E-state index in [1.165, 1.54) is 6.20 Å². The minimum absolute atomic E-state index is 0.183. The zero-order valence-corrected chi connectivity index (χ0v) is 21.1. The smallest absolute Gasteiger partial charge is 0.430 e. The predicted octanol–water partition coefficient (Wildman–Crippen LogP) is 0.897. The van der Waals surface area contributed by atoms with E-state index in [9.17, 15) is 27.9 Å². The van der Waals surface area contributed by atoms with Gasteiger partial charge in [-0.3, -0.25) is 0 Å². The van der Waals surface area contributed by atoms with Gasteiger partial charge in [0.15, 0.2) is 0 Å². The van der Waals surface area contributed by atoms with Crippen LogP contribution >= 0.6 is 15.9 Å². The van der Waals surface area contributed by atoms with E-state index >= 15 is 0 Å². The van der Waals surface area contributed by atoms with Gasteiger partial charge in [-0.05, 0) is 12.1 Å². The van der Waals surface area contributed by atoms with Crippen molar-refractivity contribution in [2.75, 3.05) is 47.5 Å². The number of ether oxygens (including phenoxy) is 3. The molecular formula is C21H26BrF3N2O9. The van der Waals surface area contributed by atoms with Gasteiger partial charge in [0.2, 0.25) is 0 Å². The SMILES string of the molecule is C[N+](C)(C)CCOC(OCC(O)COC(=O)c1c[nH]c2cc(Br)ccc12)C(=O)O.O=C([O-])C(F)(F)F. The number of carboxylic acid groups (broad SMARTS) is 2. The van der Waals surface area contributed by atoms with Gasteiger partial charge in [0, 0.05) is 21.6 Å². The second kappa shape index (κ2) is 13.5. The molecule has 0 saturated carbocycles. The summed E-state index contributed by atoms with van der Waals surface area (Å²) in [4.78, 5) is 35.2. The first-order valence-corrected chi connectivity index (χ1v) is 11.0. The molecule has 0 aliphatic carbocycles. The van der Waals surface area contributed by atoms with Crippen molar-refractivity contribution in [2.24, 2.45) is 0 Å². The molecule has 202 valence electrons. The number of H-pyrrole nitrogens is 1. The van der Waals surface area contributed by atoms with Crippen molar-refractivity contribution < 1.29 is 61.6 Å². The molecule has 15 heteroatoms. The van der Waals surface area contributed by atoms with Gasteiger partial charge in [-0.2, -0.15) is 13.2 Å². The van der Waals surface area contributed by atoms with Gasteiger partial charge in [-0.25, -0.2) is 9.59 Å². The molecule has 1 aromatic carbocycles. The lowest BCUT2D eigenvalue weighted by Gasteiger charge is -2.24. The summed E-state index contributed by atoms with van der Waals surface area (Å²) in [6.45, 7) is 0.0828. The lowest BCUT2D eigenvalue weighted by molar-refractivity contribution is -0.870. The first-order chi connectivity index (χ1) is 16.5. The van der Waals surface area contributed by atoms with Crippen molar-refractivity contribution in [3.05, 3.63) is 34.4 Å². The first-order valence-electron chi connectivity index (χ1n) is 10.2. The third kappa shape index (κ3) is 11.3. The number of hydrogen-bond acceptors (Lipinski definition) is 8. The van der Waals surface area contributed by atoms with Crippen molar-refractivity contribution in [2.45, 2.75) is 18.6 Å². The number of rotatable bonds is 11. The Bertz CT molecular complexity index is 1040. The second-order valence-corrected chi connectivity index (χ2v) is 9.23. The average Bonchev–Trinajstić information content (AvgIpc) is 3.16. The second-order valence-electron chi connectivity index (χ2n) is 8.32. The number of nitrogens with zero attached hydrogens (tertiary/aromatic N) is 1. The van der Waals surface area contributed by atoms with Crippen LogP contribution in [0.5, 0.6) is 0 Å². The van der Waals surface area contributed by atoms with E-state index in [2.05, 4.69) is 20.9 Å². The summed E-state index contributed by atoms with van der Waals surface area (Å²) in [7, 11) is 5.85. The number of fused-ring (bicyclic) bond motifs is 1.